The van der Waals surface area contributed by atoms with Crippen molar-refractivity contribution in [3.63, 3.8) is 0 Å². The molecule has 0 bridgehead atoms. The normalized spacial score (nSPS) is 26.8. The van der Waals surface area contributed by atoms with Crippen molar-refractivity contribution < 1.29 is 8.78 Å². The lowest BCUT2D eigenvalue weighted by Crippen LogP contribution is -2.14. The van der Waals surface area contributed by atoms with Gasteiger partial charge in [0.15, 0.2) is 0 Å². The van der Waals surface area contributed by atoms with E-state index in [1.165, 1.54) is 64.2 Å². The van der Waals surface area contributed by atoms with Gasteiger partial charge in [-0.2, -0.15) is 0 Å². The minimum atomic E-state index is -0.470. The van der Waals surface area contributed by atoms with Gasteiger partial charge in [0.2, 0.25) is 0 Å². The van der Waals surface area contributed by atoms with Gasteiger partial charge in [0.05, 0.1) is 5.56 Å². The van der Waals surface area contributed by atoms with Crippen molar-refractivity contribution in [2.75, 3.05) is 0 Å². The molecular formula is C28H40F2. The second kappa shape index (κ2) is 11.9. The van der Waals surface area contributed by atoms with Crippen molar-refractivity contribution in [2.24, 2.45) is 17.8 Å². The molecule has 0 aromatic heterocycles. The predicted octanol–water partition coefficient (Wildman–Crippen LogP) is 8.78. The first-order chi connectivity index (χ1) is 14.6. The van der Waals surface area contributed by atoms with E-state index in [2.05, 4.69) is 25.7 Å². The molecule has 30 heavy (non-hydrogen) atoms. The van der Waals surface area contributed by atoms with Gasteiger partial charge in [-0.3, -0.25) is 0 Å². The molecule has 0 amide bonds. The first kappa shape index (κ1) is 23.3. The Balaban J connectivity index is 1.56. The molecule has 0 N–H and O–H groups in total. The molecule has 0 nitrogen and oxygen atoms in total. The Morgan fingerprint density at radius 1 is 0.767 bits per heavy atom. The first-order valence-corrected chi connectivity index (χ1v) is 12.6. The van der Waals surface area contributed by atoms with Gasteiger partial charge in [-0.1, -0.05) is 64.2 Å². The third kappa shape index (κ3) is 6.57. The summed E-state index contributed by atoms with van der Waals surface area (Å²) in [5.41, 5.74) is 0.810. The average Bonchev–Trinajstić information content (AvgIpc) is 2.75. The third-order valence-corrected chi connectivity index (χ3v) is 7.54. The summed E-state index contributed by atoms with van der Waals surface area (Å²) in [6.45, 7) is 4.48. The summed E-state index contributed by atoms with van der Waals surface area (Å²) in [6, 6.07) is 3.13. The van der Waals surface area contributed by atoms with E-state index in [0.717, 1.165) is 43.1 Å². The molecule has 1 aromatic carbocycles. The molecular weight excluding hydrogens is 374 g/mol. The maximum absolute atomic E-state index is 14.7. The summed E-state index contributed by atoms with van der Waals surface area (Å²) >= 11 is 0. The molecule has 0 unspecified atom stereocenters. The van der Waals surface area contributed by atoms with Gasteiger partial charge in [0.25, 0.3) is 0 Å². The maximum atomic E-state index is 14.7. The van der Waals surface area contributed by atoms with E-state index in [9.17, 15) is 8.78 Å². The van der Waals surface area contributed by atoms with Crippen molar-refractivity contribution in [3.05, 3.63) is 34.9 Å². The van der Waals surface area contributed by atoms with Crippen LogP contribution in [-0.4, -0.2) is 0 Å². The molecule has 2 fully saturated rings. The largest absolute Gasteiger partial charge is 0.206 e. The van der Waals surface area contributed by atoms with Gasteiger partial charge < -0.3 is 0 Å². The SMILES string of the molecule is CCCCCC1CCC(c2cc(F)c(C#CC3CCC(CCC)CC3)c(F)c2)CC1. The highest BCUT2D eigenvalue weighted by Gasteiger charge is 2.24. The van der Waals surface area contributed by atoms with E-state index in [0.29, 0.717) is 11.8 Å². The Morgan fingerprint density at radius 2 is 1.37 bits per heavy atom. The monoisotopic (exact) mass is 414 g/mol. The maximum Gasteiger partial charge on any atom is 0.142 e. The van der Waals surface area contributed by atoms with E-state index in [1.54, 1.807) is 12.1 Å². The van der Waals surface area contributed by atoms with Crippen LogP contribution in [0.5, 0.6) is 0 Å². The van der Waals surface area contributed by atoms with Gasteiger partial charge >= 0.3 is 0 Å². The smallest absolute Gasteiger partial charge is 0.142 e. The van der Waals surface area contributed by atoms with Gasteiger partial charge in [-0.25, -0.2) is 8.78 Å². The molecule has 0 atom stereocenters. The van der Waals surface area contributed by atoms with Crippen LogP contribution in [-0.2, 0) is 0 Å². The van der Waals surface area contributed by atoms with Crippen molar-refractivity contribution in [1.29, 1.82) is 0 Å². The van der Waals surface area contributed by atoms with E-state index < -0.39 is 11.6 Å². The molecule has 2 aliphatic carbocycles. The molecule has 1 aromatic rings. The van der Waals surface area contributed by atoms with Gasteiger partial charge in [0, 0.05) is 5.92 Å². The molecule has 2 heteroatoms. The van der Waals surface area contributed by atoms with Crippen LogP contribution in [0.15, 0.2) is 12.1 Å². The predicted molar refractivity (Wildman–Crippen MR) is 122 cm³/mol. The fraction of sp³-hybridized carbons (Fsp3) is 0.714. The van der Waals surface area contributed by atoms with Crippen LogP contribution >= 0.6 is 0 Å². The zero-order valence-corrected chi connectivity index (χ0v) is 19.1. The van der Waals surface area contributed by atoms with E-state index in [-0.39, 0.29) is 5.56 Å². The zero-order chi connectivity index (χ0) is 21.3. The quantitative estimate of drug-likeness (QED) is 0.309. The number of hydrogen-bond acceptors (Lipinski definition) is 0. The number of benzene rings is 1. The highest BCUT2D eigenvalue weighted by atomic mass is 19.1. The van der Waals surface area contributed by atoms with Crippen LogP contribution in [0, 0.1) is 41.2 Å². The standard InChI is InChI=1S/C28H40F2/c1-3-5-6-8-22-13-16-24(17-14-22)25-19-27(29)26(28(30)20-25)18-15-23-11-9-21(7-4-2)10-12-23/h19-24H,3-14,16-17H2,1-2H3. The van der Waals surface area contributed by atoms with Crippen molar-refractivity contribution in [3.8, 4) is 11.8 Å². The second-order valence-corrected chi connectivity index (χ2v) is 9.85. The van der Waals surface area contributed by atoms with E-state index >= 15 is 0 Å². The molecule has 0 heterocycles. The van der Waals surface area contributed by atoms with Crippen LogP contribution in [0.2, 0.25) is 0 Å². The van der Waals surface area contributed by atoms with Crippen LogP contribution in [0.25, 0.3) is 0 Å². The number of hydrogen-bond donors (Lipinski definition) is 0. The molecule has 2 aliphatic rings. The van der Waals surface area contributed by atoms with Crippen molar-refractivity contribution in [1.82, 2.24) is 0 Å². The van der Waals surface area contributed by atoms with Crippen LogP contribution in [0.4, 0.5) is 8.78 Å². The number of rotatable bonds is 7. The summed E-state index contributed by atoms with van der Waals surface area (Å²) in [7, 11) is 0. The van der Waals surface area contributed by atoms with Crippen molar-refractivity contribution >= 4 is 0 Å². The van der Waals surface area contributed by atoms with Crippen LogP contribution in [0.1, 0.15) is 121 Å². The fourth-order valence-corrected chi connectivity index (χ4v) is 5.59. The Bertz CT molecular complexity index is 687. The highest BCUT2D eigenvalue weighted by Crippen LogP contribution is 2.38. The first-order valence-electron chi connectivity index (χ1n) is 12.6. The number of unbranched alkanes of at least 4 members (excludes halogenated alkanes) is 2. The average molecular weight is 415 g/mol. The summed E-state index contributed by atoms with van der Waals surface area (Å²) < 4.78 is 29.4. The minimum Gasteiger partial charge on any atom is -0.206 e. The molecule has 3 rings (SSSR count). The summed E-state index contributed by atoms with van der Waals surface area (Å²) in [4.78, 5) is 0. The lowest BCUT2D eigenvalue weighted by Gasteiger charge is -2.29. The summed E-state index contributed by atoms with van der Waals surface area (Å²) in [5.74, 6) is 7.32. The molecule has 2 saturated carbocycles. The fourth-order valence-electron chi connectivity index (χ4n) is 5.59. The summed E-state index contributed by atoms with van der Waals surface area (Å²) in [6.07, 6.45) is 16.8. The lowest BCUT2D eigenvalue weighted by atomic mass is 9.77. The Labute approximate surface area is 183 Å². The Kier molecular flexibility index (Phi) is 9.23. The molecule has 0 aliphatic heterocycles. The molecule has 0 radical (unpaired) electrons. The van der Waals surface area contributed by atoms with E-state index in [1.807, 2.05) is 0 Å². The zero-order valence-electron chi connectivity index (χ0n) is 19.1. The third-order valence-electron chi connectivity index (χ3n) is 7.54. The number of halogens is 2. The Hall–Kier alpha value is -1.36. The molecule has 0 spiro atoms. The van der Waals surface area contributed by atoms with Gasteiger partial charge in [-0.15, -0.1) is 0 Å². The van der Waals surface area contributed by atoms with Crippen molar-refractivity contribution in [2.45, 2.75) is 110 Å². The lowest BCUT2D eigenvalue weighted by molar-refractivity contribution is 0.299. The van der Waals surface area contributed by atoms with E-state index in [4.69, 9.17) is 0 Å². The molecule has 166 valence electrons. The summed E-state index contributed by atoms with van der Waals surface area (Å²) in [5, 5.41) is 0. The highest BCUT2D eigenvalue weighted by molar-refractivity contribution is 5.40. The Morgan fingerprint density at radius 3 is 1.97 bits per heavy atom. The van der Waals surface area contributed by atoms with Crippen LogP contribution in [0.3, 0.4) is 0 Å². The van der Waals surface area contributed by atoms with Crippen LogP contribution < -0.4 is 0 Å². The topological polar surface area (TPSA) is 0 Å². The van der Waals surface area contributed by atoms with Gasteiger partial charge in [0.1, 0.15) is 11.6 Å². The minimum absolute atomic E-state index is 0.0253. The molecule has 0 saturated heterocycles. The van der Waals surface area contributed by atoms with Gasteiger partial charge in [-0.05, 0) is 86.8 Å². The second-order valence-electron chi connectivity index (χ2n) is 9.85.